The summed E-state index contributed by atoms with van der Waals surface area (Å²) in [6.45, 7) is 0.792. The minimum atomic E-state index is 0.792. The van der Waals surface area contributed by atoms with Gasteiger partial charge in [-0.3, -0.25) is 4.99 Å². The molecular formula is C16H12N2S. The molecule has 0 N–H and O–H groups in total. The quantitative estimate of drug-likeness (QED) is 0.655. The van der Waals surface area contributed by atoms with Gasteiger partial charge in [-0.15, -0.1) is 11.3 Å². The molecule has 0 saturated heterocycles. The highest BCUT2D eigenvalue weighted by molar-refractivity contribution is 7.16. The molecule has 2 nitrogen and oxygen atoms in total. The molecule has 19 heavy (non-hydrogen) atoms. The van der Waals surface area contributed by atoms with Gasteiger partial charge in [0, 0.05) is 12.1 Å². The lowest BCUT2D eigenvalue weighted by Gasteiger charge is -2.16. The first kappa shape index (κ1) is 10.9. The van der Waals surface area contributed by atoms with Crippen LogP contribution in [-0.2, 0) is 13.0 Å². The number of hydrogen-bond acceptors (Lipinski definition) is 3. The predicted octanol–water partition coefficient (Wildman–Crippen LogP) is 3.84. The van der Waals surface area contributed by atoms with Crippen LogP contribution in [0.5, 0.6) is 0 Å². The summed E-state index contributed by atoms with van der Waals surface area (Å²) in [5.74, 6) is 0. The number of aromatic nitrogens is 1. The number of rotatable bonds is 1. The highest BCUT2D eigenvalue weighted by Crippen LogP contribution is 2.23. The highest BCUT2D eigenvalue weighted by Gasteiger charge is 2.13. The summed E-state index contributed by atoms with van der Waals surface area (Å²) in [6.07, 6.45) is 0.922. The van der Waals surface area contributed by atoms with E-state index >= 15 is 0 Å². The Bertz CT molecular complexity index is 786. The number of hydrogen-bond donors (Lipinski definition) is 0. The van der Waals surface area contributed by atoms with Gasteiger partial charge in [0.15, 0.2) is 0 Å². The Morgan fingerprint density at radius 3 is 2.84 bits per heavy atom. The van der Waals surface area contributed by atoms with Crippen molar-refractivity contribution >= 4 is 27.3 Å². The molecule has 0 spiro atoms. The number of fused-ring (bicyclic) bond motifs is 2. The van der Waals surface area contributed by atoms with Gasteiger partial charge < -0.3 is 0 Å². The normalized spacial score (nSPS) is 14.2. The molecule has 0 saturated carbocycles. The molecule has 92 valence electrons. The van der Waals surface area contributed by atoms with Crippen molar-refractivity contribution in [2.24, 2.45) is 4.99 Å². The van der Waals surface area contributed by atoms with Crippen molar-refractivity contribution in [3.8, 4) is 0 Å². The van der Waals surface area contributed by atoms with Crippen LogP contribution in [0.4, 0.5) is 0 Å². The first-order chi connectivity index (χ1) is 9.40. The molecule has 0 atom stereocenters. The van der Waals surface area contributed by atoms with Crippen LogP contribution in [0.2, 0.25) is 0 Å². The summed E-state index contributed by atoms with van der Waals surface area (Å²) >= 11 is 1.68. The van der Waals surface area contributed by atoms with Gasteiger partial charge in [-0.25, -0.2) is 4.98 Å². The number of aliphatic imine (C=N–C) groups is 1. The molecule has 1 aromatic heterocycles. The molecule has 1 aliphatic heterocycles. The predicted molar refractivity (Wildman–Crippen MR) is 80.0 cm³/mol. The van der Waals surface area contributed by atoms with Gasteiger partial charge in [0.05, 0.1) is 22.3 Å². The Morgan fingerprint density at radius 2 is 1.89 bits per heavy atom. The van der Waals surface area contributed by atoms with E-state index in [-0.39, 0.29) is 0 Å². The van der Waals surface area contributed by atoms with Gasteiger partial charge in [-0.2, -0.15) is 0 Å². The maximum Gasteiger partial charge on any atom is 0.0818 e. The van der Waals surface area contributed by atoms with Crippen molar-refractivity contribution < 1.29 is 0 Å². The fourth-order valence-corrected chi connectivity index (χ4v) is 3.19. The average Bonchev–Trinajstić information content (AvgIpc) is 2.94. The Hall–Kier alpha value is -2.00. The van der Waals surface area contributed by atoms with Gasteiger partial charge in [0.2, 0.25) is 0 Å². The molecule has 2 aromatic carbocycles. The number of thiazole rings is 1. The van der Waals surface area contributed by atoms with E-state index in [0.717, 1.165) is 18.5 Å². The second kappa shape index (κ2) is 4.28. The maximum atomic E-state index is 4.72. The van der Waals surface area contributed by atoms with Crippen LogP contribution in [0.3, 0.4) is 0 Å². The number of nitrogens with zero attached hydrogens (tertiary/aromatic N) is 2. The Balaban J connectivity index is 1.75. The van der Waals surface area contributed by atoms with Crippen LogP contribution in [-0.4, -0.2) is 10.7 Å². The topological polar surface area (TPSA) is 25.2 Å². The third-order valence-corrected chi connectivity index (χ3v) is 4.39. The SMILES string of the molecule is c1ccc2c(c1)CN=C(c1ccc3scnc3c1)C2. The standard InChI is InChI=1S/C16H12N2S/c1-2-4-13-9-17-14(7-11(13)3-1)12-5-6-16-15(8-12)18-10-19-16/h1-6,8,10H,7,9H2. The zero-order valence-electron chi connectivity index (χ0n) is 10.3. The summed E-state index contributed by atoms with van der Waals surface area (Å²) < 4.78 is 1.24. The molecule has 0 aliphatic carbocycles. The van der Waals surface area contributed by atoms with Gasteiger partial charge in [0.25, 0.3) is 0 Å². The molecule has 4 rings (SSSR count). The van der Waals surface area contributed by atoms with Gasteiger partial charge >= 0.3 is 0 Å². The summed E-state index contributed by atoms with van der Waals surface area (Å²) in [6, 6.07) is 15.0. The number of benzene rings is 2. The zero-order chi connectivity index (χ0) is 12.7. The van der Waals surface area contributed by atoms with Crippen LogP contribution in [0.1, 0.15) is 16.7 Å². The van der Waals surface area contributed by atoms with E-state index in [1.165, 1.54) is 27.1 Å². The third kappa shape index (κ3) is 1.87. The van der Waals surface area contributed by atoms with E-state index in [1.807, 2.05) is 5.51 Å². The van der Waals surface area contributed by atoms with Crippen LogP contribution in [0.15, 0.2) is 53.0 Å². The van der Waals surface area contributed by atoms with Crippen molar-refractivity contribution in [1.82, 2.24) is 4.98 Å². The summed E-state index contributed by atoms with van der Waals surface area (Å²) in [7, 11) is 0. The lowest BCUT2D eigenvalue weighted by atomic mass is 9.95. The van der Waals surface area contributed by atoms with E-state index in [9.17, 15) is 0 Å². The van der Waals surface area contributed by atoms with E-state index in [2.05, 4.69) is 47.4 Å². The molecule has 0 bridgehead atoms. The van der Waals surface area contributed by atoms with Crippen molar-refractivity contribution in [3.05, 3.63) is 64.7 Å². The molecule has 0 amide bonds. The molecular weight excluding hydrogens is 252 g/mol. The Labute approximate surface area is 115 Å². The smallest absolute Gasteiger partial charge is 0.0818 e. The van der Waals surface area contributed by atoms with Crippen molar-refractivity contribution in [2.75, 3.05) is 0 Å². The summed E-state index contributed by atoms with van der Waals surface area (Å²) in [5.41, 5.74) is 8.09. The highest BCUT2D eigenvalue weighted by atomic mass is 32.1. The first-order valence-corrected chi connectivity index (χ1v) is 7.22. The second-order valence-electron chi connectivity index (χ2n) is 4.74. The average molecular weight is 264 g/mol. The lowest BCUT2D eigenvalue weighted by Crippen LogP contribution is -2.12. The molecule has 2 heterocycles. The minimum Gasteiger partial charge on any atom is -0.284 e. The largest absolute Gasteiger partial charge is 0.284 e. The van der Waals surface area contributed by atoms with Crippen LogP contribution < -0.4 is 0 Å². The molecule has 3 aromatic rings. The van der Waals surface area contributed by atoms with Crippen molar-refractivity contribution in [1.29, 1.82) is 0 Å². The van der Waals surface area contributed by atoms with E-state index in [0.29, 0.717) is 0 Å². The monoisotopic (exact) mass is 264 g/mol. The Morgan fingerprint density at radius 1 is 1.00 bits per heavy atom. The molecule has 0 unspecified atom stereocenters. The zero-order valence-corrected chi connectivity index (χ0v) is 11.2. The van der Waals surface area contributed by atoms with Gasteiger partial charge in [-0.1, -0.05) is 30.3 Å². The summed E-state index contributed by atoms with van der Waals surface area (Å²) in [4.78, 5) is 9.11. The molecule has 3 heteroatoms. The maximum absolute atomic E-state index is 4.72. The van der Waals surface area contributed by atoms with Crippen LogP contribution in [0, 0.1) is 0 Å². The van der Waals surface area contributed by atoms with Crippen molar-refractivity contribution in [3.63, 3.8) is 0 Å². The fourth-order valence-electron chi connectivity index (χ4n) is 2.53. The van der Waals surface area contributed by atoms with E-state index < -0.39 is 0 Å². The first-order valence-electron chi connectivity index (χ1n) is 6.34. The van der Waals surface area contributed by atoms with Gasteiger partial charge in [-0.05, 0) is 28.8 Å². The molecule has 0 radical (unpaired) electrons. The fraction of sp³-hybridized carbons (Fsp3) is 0.125. The van der Waals surface area contributed by atoms with Crippen molar-refractivity contribution in [2.45, 2.75) is 13.0 Å². The molecule has 1 aliphatic rings. The van der Waals surface area contributed by atoms with E-state index in [4.69, 9.17) is 4.99 Å². The van der Waals surface area contributed by atoms with Crippen LogP contribution >= 0.6 is 11.3 Å². The van der Waals surface area contributed by atoms with Gasteiger partial charge in [0.1, 0.15) is 0 Å². The van der Waals surface area contributed by atoms with Crippen LogP contribution in [0.25, 0.3) is 10.2 Å². The lowest BCUT2D eigenvalue weighted by molar-refractivity contribution is 0.988. The third-order valence-electron chi connectivity index (χ3n) is 3.58. The molecule has 0 fully saturated rings. The van der Waals surface area contributed by atoms with E-state index in [1.54, 1.807) is 11.3 Å². The summed E-state index contributed by atoms with van der Waals surface area (Å²) in [5, 5.41) is 0. The minimum absolute atomic E-state index is 0.792. The second-order valence-corrected chi connectivity index (χ2v) is 5.63. The Kier molecular flexibility index (Phi) is 2.45.